The van der Waals surface area contributed by atoms with E-state index in [1.807, 2.05) is 4.57 Å². The molecule has 1 aromatic carbocycles. The van der Waals surface area contributed by atoms with Gasteiger partial charge in [-0.25, -0.2) is 4.98 Å². The fraction of sp³-hybridized carbons (Fsp3) is 0.308. The summed E-state index contributed by atoms with van der Waals surface area (Å²) in [5, 5.41) is 3.01. The molecule has 1 aromatic heterocycles. The summed E-state index contributed by atoms with van der Waals surface area (Å²) in [5.74, 6) is 0.312. The van der Waals surface area contributed by atoms with E-state index >= 15 is 0 Å². The molecule has 114 valence electrons. The number of hydrogen-bond donors (Lipinski definition) is 1. The monoisotopic (exact) mass is 301 g/mol. The first-order valence-corrected chi connectivity index (χ1v) is 6.11. The average molecular weight is 301 g/mol. The van der Waals surface area contributed by atoms with Crippen LogP contribution < -0.4 is 10.1 Å². The van der Waals surface area contributed by atoms with Gasteiger partial charge < -0.3 is 19.4 Å². The van der Waals surface area contributed by atoms with Crippen molar-refractivity contribution in [3.8, 4) is 5.75 Å². The fourth-order valence-corrected chi connectivity index (χ4v) is 1.67. The van der Waals surface area contributed by atoms with Crippen LogP contribution in [0.25, 0.3) is 0 Å². The first-order chi connectivity index (χ1) is 9.98. The normalized spacial score (nSPS) is 11.4. The van der Waals surface area contributed by atoms with Crippen molar-refractivity contribution >= 4 is 11.6 Å². The third-order valence-electron chi connectivity index (χ3n) is 2.60. The van der Waals surface area contributed by atoms with E-state index in [0.29, 0.717) is 24.8 Å². The molecule has 0 unspecified atom stereocenters. The van der Waals surface area contributed by atoms with Crippen LogP contribution in [0.4, 0.5) is 24.8 Å². The van der Waals surface area contributed by atoms with E-state index in [9.17, 15) is 13.2 Å². The Labute approximate surface area is 119 Å². The minimum atomic E-state index is -4.69. The lowest BCUT2D eigenvalue weighted by molar-refractivity contribution is -0.274. The molecule has 0 saturated heterocycles. The smallest absolute Gasteiger partial charge is 0.406 e. The highest BCUT2D eigenvalue weighted by Crippen LogP contribution is 2.25. The summed E-state index contributed by atoms with van der Waals surface area (Å²) >= 11 is 0. The molecule has 2 aromatic rings. The zero-order valence-corrected chi connectivity index (χ0v) is 11.2. The van der Waals surface area contributed by atoms with Gasteiger partial charge in [0.15, 0.2) is 0 Å². The molecule has 1 N–H and O–H groups in total. The number of benzene rings is 1. The Kier molecular flexibility index (Phi) is 4.69. The van der Waals surface area contributed by atoms with Crippen LogP contribution in [0.15, 0.2) is 36.7 Å². The Morgan fingerprint density at radius 2 is 1.95 bits per heavy atom. The number of rotatable bonds is 6. The molecule has 0 saturated carbocycles. The summed E-state index contributed by atoms with van der Waals surface area (Å²) < 4.78 is 46.8. The summed E-state index contributed by atoms with van der Waals surface area (Å²) in [5.41, 5.74) is 0.606. The van der Waals surface area contributed by atoms with Crippen molar-refractivity contribution in [2.45, 2.75) is 12.9 Å². The molecule has 21 heavy (non-hydrogen) atoms. The molecule has 0 aliphatic carbocycles. The van der Waals surface area contributed by atoms with Gasteiger partial charge >= 0.3 is 6.36 Å². The Morgan fingerprint density at radius 3 is 2.57 bits per heavy atom. The standard InChI is InChI=1S/C13H14F3N3O2/c1-20-9-8-19-7-6-17-12(19)18-10-2-4-11(5-3-10)21-13(14,15)16/h2-7H,8-9H2,1H3,(H,17,18). The number of ether oxygens (including phenoxy) is 2. The predicted octanol–water partition coefficient (Wildman–Crippen LogP) is 3.17. The van der Waals surface area contributed by atoms with Gasteiger partial charge in [0.25, 0.3) is 0 Å². The molecule has 0 atom stereocenters. The molecular weight excluding hydrogens is 287 g/mol. The minimum absolute atomic E-state index is 0.268. The number of alkyl halides is 3. The fourth-order valence-electron chi connectivity index (χ4n) is 1.67. The second-order valence-electron chi connectivity index (χ2n) is 4.13. The maximum Gasteiger partial charge on any atom is 0.573 e. The molecule has 0 amide bonds. The van der Waals surface area contributed by atoms with Crippen LogP contribution >= 0.6 is 0 Å². The first-order valence-electron chi connectivity index (χ1n) is 6.11. The second-order valence-corrected chi connectivity index (χ2v) is 4.13. The summed E-state index contributed by atoms with van der Waals surface area (Å²) in [4.78, 5) is 4.13. The molecule has 1 heterocycles. The molecule has 5 nitrogen and oxygen atoms in total. The van der Waals surface area contributed by atoms with Crippen molar-refractivity contribution in [3.63, 3.8) is 0 Å². The summed E-state index contributed by atoms with van der Waals surface area (Å²) in [6, 6.07) is 5.43. The van der Waals surface area contributed by atoms with Gasteiger partial charge in [-0.3, -0.25) is 0 Å². The zero-order valence-electron chi connectivity index (χ0n) is 11.2. The van der Waals surface area contributed by atoms with Gasteiger partial charge in [-0.1, -0.05) is 0 Å². The predicted molar refractivity (Wildman–Crippen MR) is 70.5 cm³/mol. The lowest BCUT2D eigenvalue weighted by Crippen LogP contribution is -2.17. The van der Waals surface area contributed by atoms with Gasteiger partial charge in [-0.2, -0.15) is 0 Å². The Morgan fingerprint density at radius 1 is 1.24 bits per heavy atom. The average Bonchev–Trinajstić information content (AvgIpc) is 2.84. The van der Waals surface area contributed by atoms with Crippen molar-refractivity contribution in [3.05, 3.63) is 36.7 Å². The molecule has 0 spiro atoms. The van der Waals surface area contributed by atoms with Crippen molar-refractivity contribution in [1.29, 1.82) is 0 Å². The second kappa shape index (κ2) is 6.49. The van der Waals surface area contributed by atoms with Crippen molar-refractivity contribution in [1.82, 2.24) is 9.55 Å². The maximum absolute atomic E-state index is 12.1. The van der Waals surface area contributed by atoms with Gasteiger partial charge in [0.1, 0.15) is 5.75 Å². The lowest BCUT2D eigenvalue weighted by Gasteiger charge is -2.11. The zero-order chi connectivity index (χ0) is 15.3. The van der Waals surface area contributed by atoms with Gasteiger partial charge in [0, 0.05) is 31.7 Å². The largest absolute Gasteiger partial charge is 0.573 e. The van der Waals surface area contributed by atoms with E-state index in [1.54, 1.807) is 19.5 Å². The molecule has 8 heteroatoms. The van der Waals surface area contributed by atoms with E-state index < -0.39 is 6.36 Å². The number of halogens is 3. The number of anilines is 2. The molecular formula is C13H14F3N3O2. The van der Waals surface area contributed by atoms with E-state index in [1.165, 1.54) is 24.3 Å². The van der Waals surface area contributed by atoms with Gasteiger partial charge in [-0.05, 0) is 24.3 Å². The summed E-state index contributed by atoms with van der Waals surface area (Å²) in [6.45, 7) is 1.15. The number of methoxy groups -OCH3 is 1. The van der Waals surface area contributed by atoms with Crippen LogP contribution in [0.1, 0.15) is 0 Å². The lowest BCUT2D eigenvalue weighted by atomic mass is 10.3. The van der Waals surface area contributed by atoms with Crippen LogP contribution in [0.3, 0.4) is 0 Å². The van der Waals surface area contributed by atoms with Crippen LogP contribution in [0, 0.1) is 0 Å². The van der Waals surface area contributed by atoms with Gasteiger partial charge in [0.2, 0.25) is 5.95 Å². The number of nitrogens with one attached hydrogen (secondary N) is 1. The Hall–Kier alpha value is -2.22. The SMILES string of the molecule is COCCn1ccnc1Nc1ccc(OC(F)(F)F)cc1. The quantitative estimate of drug-likeness (QED) is 0.890. The van der Waals surface area contributed by atoms with E-state index in [0.717, 1.165) is 0 Å². The minimum Gasteiger partial charge on any atom is -0.406 e. The van der Waals surface area contributed by atoms with Crippen LogP contribution in [-0.4, -0.2) is 29.6 Å². The van der Waals surface area contributed by atoms with Crippen LogP contribution in [0.2, 0.25) is 0 Å². The third-order valence-corrected chi connectivity index (χ3v) is 2.60. The van der Waals surface area contributed by atoms with Gasteiger partial charge in [-0.15, -0.1) is 13.2 Å². The topological polar surface area (TPSA) is 48.3 Å². The Bertz CT molecular complexity index is 567. The highest BCUT2D eigenvalue weighted by Gasteiger charge is 2.30. The number of aromatic nitrogens is 2. The molecule has 0 bridgehead atoms. The van der Waals surface area contributed by atoms with Gasteiger partial charge in [0.05, 0.1) is 6.61 Å². The number of hydrogen-bond acceptors (Lipinski definition) is 4. The molecule has 2 rings (SSSR count). The summed E-state index contributed by atoms with van der Waals surface area (Å²) in [6.07, 6.45) is -1.28. The van der Waals surface area contributed by atoms with Crippen molar-refractivity contribution < 1.29 is 22.6 Å². The maximum atomic E-state index is 12.1. The molecule has 0 fully saturated rings. The van der Waals surface area contributed by atoms with Crippen molar-refractivity contribution in [2.24, 2.45) is 0 Å². The molecule has 0 radical (unpaired) electrons. The van der Waals surface area contributed by atoms with Crippen LogP contribution in [-0.2, 0) is 11.3 Å². The first kappa shape index (κ1) is 15.2. The third kappa shape index (κ3) is 4.67. The summed E-state index contributed by atoms with van der Waals surface area (Å²) in [7, 11) is 1.60. The Balaban J connectivity index is 2.02. The van der Waals surface area contributed by atoms with E-state index in [-0.39, 0.29) is 5.75 Å². The van der Waals surface area contributed by atoms with E-state index in [4.69, 9.17) is 4.74 Å². The number of imidazole rings is 1. The highest BCUT2D eigenvalue weighted by atomic mass is 19.4. The highest BCUT2D eigenvalue weighted by molar-refractivity contribution is 5.54. The number of nitrogens with zero attached hydrogens (tertiary/aromatic N) is 2. The van der Waals surface area contributed by atoms with E-state index in [2.05, 4.69) is 15.0 Å². The van der Waals surface area contributed by atoms with Crippen molar-refractivity contribution in [2.75, 3.05) is 19.0 Å². The van der Waals surface area contributed by atoms with Crippen LogP contribution in [0.5, 0.6) is 5.75 Å². The molecule has 0 aliphatic rings. The molecule has 0 aliphatic heterocycles.